The van der Waals surface area contributed by atoms with Crippen LogP contribution in [0.15, 0.2) is 34.7 Å². The molecule has 0 atom stereocenters. The van der Waals surface area contributed by atoms with Crippen molar-refractivity contribution < 1.29 is 31.9 Å². The number of pyridine rings is 1. The van der Waals surface area contributed by atoms with Gasteiger partial charge in [-0.15, -0.1) is 0 Å². The SMILES string of the molecule is CCCS(=O)(=O)Nc1nc2oc(-c3ccc(F)cc3)c(C(=O)NC)c2cc1CCCC(=O)O. The molecule has 0 spiro atoms. The number of carbonyl (C=O) groups is 2. The van der Waals surface area contributed by atoms with E-state index in [-0.39, 0.29) is 47.9 Å². The second-order valence-corrected chi connectivity index (χ2v) is 9.25. The summed E-state index contributed by atoms with van der Waals surface area (Å²) in [5, 5.41) is 11.8. The minimum atomic E-state index is -3.69. The standard InChI is InChI=1S/C22H24FN3O6S/c1-3-11-33(30,31)26-20-14(5-4-6-17(27)28)12-16-18(21(29)24-2)19(32-22(16)25-20)13-7-9-15(23)10-8-13/h7-10,12H,3-6,11H2,1-2H3,(H,24,29)(H,25,26)(H,27,28). The van der Waals surface area contributed by atoms with Crippen LogP contribution in [-0.2, 0) is 21.2 Å². The molecule has 0 saturated carbocycles. The fraction of sp³-hybridized carbons (Fsp3) is 0.318. The number of halogens is 1. The van der Waals surface area contributed by atoms with Gasteiger partial charge in [-0.25, -0.2) is 12.8 Å². The second kappa shape index (κ2) is 9.99. The number of hydrogen-bond acceptors (Lipinski definition) is 6. The maximum Gasteiger partial charge on any atom is 0.303 e. The number of carboxylic acids is 1. The minimum absolute atomic E-state index is 0.0177. The Balaban J connectivity index is 2.20. The Morgan fingerprint density at radius 3 is 2.52 bits per heavy atom. The van der Waals surface area contributed by atoms with Crippen LogP contribution in [0.2, 0.25) is 0 Å². The zero-order valence-electron chi connectivity index (χ0n) is 18.1. The molecule has 3 aromatic rings. The maximum absolute atomic E-state index is 13.4. The van der Waals surface area contributed by atoms with E-state index in [2.05, 4.69) is 15.0 Å². The largest absolute Gasteiger partial charge is 0.481 e. The first-order valence-electron chi connectivity index (χ1n) is 10.3. The lowest BCUT2D eigenvalue weighted by Crippen LogP contribution is -2.19. The average molecular weight is 478 g/mol. The number of carbonyl (C=O) groups excluding carboxylic acids is 1. The minimum Gasteiger partial charge on any atom is -0.481 e. The van der Waals surface area contributed by atoms with Gasteiger partial charge >= 0.3 is 5.97 Å². The highest BCUT2D eigenvalue weighted by Gasteiger charge is 2.25. The summed E-state index contributed by atoms with van der Waals surface area (Å²) in [6.07, 6.45) is 0.725. The van der Waals surface area contributed by atoms with Crippen LogP contribution >= 0.6 is 0 Å². The van der Waals surface area contributed by atoms with Gasteiger partial charge in [0.2, 0.25) is 15.7 Å². The number of aliphatic carboxylic acids is 1. The molecule has 0 saturated heterocycles. The highest BCUT2D eigenvalue weighted by molar-refractivity contribution is 7.92. The third-order valence-corrected chi connectivity index (χ3v) is 6.33. The summed E-state index contributed by atoms with van der Waals surface area (Å²) in [5.41, 5.74) is 1.05. The van der Waals surface area contributed by atoms with Crippen LogP contribution < -0.4 is 10.0 Å². The third-order valence-electron chi connectivity index (χ3n) is 4.88. The van der Waals surface area contributed by atoms with Crippen LogP contribution in [0.5, 0.6) is 0 Å². The number of hydrogen-bond donors (Lipinski definition) is 3. The van der Waals surface area contributed by atoms with Crippen LogP contribution in [0.4, 0.5) is 10.2 Å². The molecule has 0 bridgehead atoms. The number of fused-ring (bicyclic) bond motifs is 1. The molecule has 0 unspecified atom stereocenters. The Labute approximate surface area is 190 Å². The highest BCUT2D eigenvalue weighted by atomic mass is 32.2. The molecular formula is C22H24FN3O6S. The van der Waals surface area contributed by atoms with Crippen LogP contribution in [-0.4, -0.2) is 43.2 Å². The normalized spacial score (nSPS) is 11.5. The molecule has 0 aliphatic heterocycles. The molecule has 1 aromatic carbocycles. The van der Waals surface area contributed by atoms with E-state index in [1.165, 1.54) is 31.3 Å². The van der Waals surface area contributed by atoms with E-state index < -0.39 is 27.7 Å². The quantitative estimate of drug-likeness (QED) is 0.406. The zero-order valence-corrected chi connectivity index (χ0v) is 19.0. The van der Waals surface area contributed by atoms with Crippen molar-refractivity contribution in [2.24, 2.45) is 0 Å². The number of nitrogens with one attached hydrogen (secondary N) is 2. The van der Waals surface area contributed by atoms with Crippen molar-refractivity contribution in [2.45, 2.75) is 32.6 Å². The number of furan rings is 1. The van der Waals surface area contributed by atoms with E-state index >= 15 is 0 Å². The Kier molecular flexibility index (Phi) is 7.32. The van der Waals surface area contributed by atoms with E-state index in [4.69, 9.17) is 9.52 Å². The summed E-state index contributed by atoms with van der Waals surface area (Å²) in [7, 11) is -2.24. The number of benzene rings is 1. The number of amides is 1. The number of aryl methyl sites for hydroxylation is 1. The first kappa shape index (κ1) is 24.2. The van der Waals surface area contributed by atoms with Crippen molar-refractivity contribution in [3.8, 4) is 11.3 Å². The van der Waals surface area contributed by atoms with Crippen molar-refractivity contribution in [1.82, 2.24) is 10.3 Å². The zero-order chi connectivity index (χ0) is 24.2. The molecule has 3 N–H and O–H groups in total. The first-order chi connectivity index (χ1) is 15.6. The van der Waals surface area contributed by atoms with Gasteiger partial charge in [-0.3, -0.25) is 14.3 Å². The topological polar surface area (TPSA) is 139 Å². The number of aromatic nitrogens is 1. The van der Waals surface area contributed by atoms with Gasteiger partial charge in [0.25, 0.3) is 5.91 Å². The Morgan fingerprint density at radius 2 is 1.91 bits per heavy atom. The third kappa shape index (κ3) is 5.67. The number of carboxylic acid groups (broad SMARTS) is 1. The number of sulfonamides is 1. The fourth-order valence-electron chi connectivity index (χ4n) is 3.40. The van der Waals surface area contributed by atoms with E-state index in [0.29, 0.717) is 22.9 Å². The summed E-state index contributed by atoms with van der Waals surface area (Å²) in [6.45, 7) is 1.72. The summed E-state index contributed by atoms with van der Waals surface area (Å²) >= 11 is 0. The van der Waals surface area contributed by atoms with Gasteiger partial charge in [-0.1, -0.05) is 6.92 Å². The van der Waals surface area contributed by atoms with E-state index in [1.54, 1.807) is 13.0 Å². The number of rotatable bonds is 10. The van der Waals surface area contributed by atoms with Crippen molar-refractivity contribution in [2.75, 3.05) is 17.5 Å². The van der Waals surface area contributed by atoms with Crippen LogP contribution in [0.25, 0.3) is 22.4 Å². The second-order valence-electron chi connectivity index (χ2n) is 7.41. The van der Waals surface area contributed by atoms with E-state index in [9.17, 15) is 22.4 Å². The van der Waals surface area contributed by atoms with Gasteiger partial charge in [-0.05, 0) is 55.2 Å². The van der Waals surface area contributed by atoms with Crippen LogP contribution in [0.3, 0.4) is 0 Å². The van der Waals surface area contributed by atoms with Gasteiger partial charge < -0.3 is 14.8 Å². The molecule has 2 aromatic heterocycles. The summed E-state index contributed by atoms with van der Waals surface area (Å²) in [5.74, 6) is -1.85. The summed E-state index contributed by atoms with van der Waals surface area (Å²) in [6, 6.07) is 6.95. The lowest BCUT2D eigenvalue weighted by Gasteiger charge is -2.11. The van der Waals surface area contributed by atoms with Crippen molar-refractivity contribution in [1.29, 1.82) is 0 Å². The fourth-order valence-corrected chi connectivity index (χ4v) is 4.51. The van der Waals surface area contributed by atoms with E-state index in [0.717, 1.165) is 0 Å². The molecule has 3 rings (SSSR count). The molecule has 0 aliphatic carbocycles. The molecular weight excluding hydrogens is 453 g/mol. The average Bonchev–Trinajstić information content (AvgIpc) is 3.11. The molecule has 33 heavy (non-hydrogen) atoms. The first-order valence-corrected chi connectivity index (χ1v) is 12.0. The Morgan fingerprint density at radius 1 is 1.21 bits per heavy atom. The van der Waals surface area contributed by atoms with E-state index in [1.807, 2.05) is 0 Å². The molecule has 1 amide bonds. The van der Waals surface area contributed by atoms with Crippen molar-refractivity contribution >= 4 is 38.8 Å². The predicted molar refractivity (Wildman–Crippen MR) is 121 cm³/mol. The molecule has 9 nitrogen and oxygen atoms in total. The lowest BCUT2D eigenvalue weighted by atomic mass is 10.0. The smallest absolute Gasteiger partial charge is 0.303 e. The van der Waals surface area contributed by atoms with Crippen molar-refractivity contribution in [3.63, 3.8) is 0 Å². The molecule has 0 aliphatic rings. The molecule has 0 radical (unpaired) electrons. The molecule has 2 heterocycles. The number of nitrogens with zero attached hydrogens (tertiary/aromatic N) is 1. The Bertz CT molecular complexity index is 1290. The van der Waals surface area contributed by atoms with Gasteiger partial charge in [0.1, 0.15) is 17.4 Å². The molecule has 11 heteroatoms. The van der Waals surface area contributed by atoms with Gasteiger partial charge in [-0.2, -0.15) is 4.98 Å². The lowest BCUT2D eigenvalue weighted by molar-refractivity contribution is -0.137. The van der Waals surface area contributed by atoms with Gasteiger partial charge in [0.15, 0.2) is 0 Å². The predicted octanol–water partition coefficient (Wildman–Crippen LogP) is 3.55. The monoisotopic (exact) mass is 477 g/mol. The maximum atomic E-state index is 13.4. The summed E-state index contributed by atoms with van der Waals surface area (Å²) in [4.78, 5) is 28.0. The van der Waals surface area contributed by atoms with Crippen LogP contribution in [0, 0.1) is 5.82 Å². The number of anilines is 1. The van der Waals surface area contributed by atoms with Gasteiger partial charge in [0.05, 0.1) is 16.7 Å². The van der Waals surface area contributed by atoms with Crippen LogP contribution in [0.1, 0.15) is 42.1 Å². The van der Waals surface area contributed by atoms with Crippen molar-refractivity contribution in [3.05, 3.63) is 47.3 Å². The summed E-state index contributed by atoms with van der Waals surface area (Å²) < 4.78 is 46.4. The molecule has 0 fully saturated rings. The Hall–Kier alpha value is -3.47. The molecule has 176 valence electrons. The van der Waals surface area contributed by atoms with Gasteiger partial charge in [0, 0.05) is 19.0 Å². The highest BCUT2D eigenvalue weighted by Crippen LogP contribution is 2.35.